The zero-order chi connectivity index (χ0) is 17.4. The third kappa shape index (κ3) is 2.53. The van der Waals surface area contributed by atoms with E-state index in [0.717, 1.165) is 11.8 Å². The number of nitrogens with one attached hydrogen (secondary N) is 2. The van der Waals surface area contributed by atoms with Gasteiger partial charge in [0.2, 0.25) is 5.91 Å². The summed E-state index contributed by atoms with van der Waals surface area (Å²) in [4.78, 5) is 31.6. The van der Waals surface area contributed by atoms with E-state index < -0.39 is 6.04 Å². The number of aromatic nitrogens is 3. The van der Waals surface area contributed by atoms with Crippen molar-refractivity contribution in [2.45, 2.75) is 25.8 Å². The molecule has 1 aromatic carbocycles. The van der Waals surface area contributed by atoms with E-state index in [1.165, 1.54) is 6.20 Å². The first-order valence-electron chi connectivity index (χ1n) is 8.21. The molecule has 0 fully saturated rings. The molecule has 3 aromatic rings. The number of anilines is 2. The van der Waals surface area contributed by atoms with Crippen molar-refractivity contribution in [1.29, 1.82) is 0 Å². The summed E-state index contributed by atoms with van der Waals surface area (Å²) in [5.74, 6) is -0.400. The van der Waals surface area contributed by atoms with E-state index in [1.54, 1.807) is 23.2 Å². The van der Waals surface area contributed by atoms with Gasteiger partial charge in [0.25, 0.3) is 5.91 Å². The number of amides is 2. The molecule has 0 saturated heterocycles. The summed E-state index contributed by atoms with van der Waals surface area (Å²) in [5, 5.41) is 10.3. The van der Waals surface area contributed by atoms with Gasteiger partial charge < -0.3 is 5.32 Å². The zero-order valence-electron chi connectivity index (χ0n) is 13.7. The third-order valence-electron chi connectivity index (χ3n) is 4.35. The lowest BCUT2D eigenvalue weighted by Crippen LogP contribution is -2.51. The van der Waals surface area contributed by atoms with Gasteiger partial charge in [-0.05, 0) is 24.6 Å². The van der Waals surface area contributed by atoms with Gasteiger partial charge in [0.15, 0.2) is 5.65 Å². The number of pyridine rings is 1. The van der Waals surface area contributed by atoms with Crippen LogP contribution in [0.5, 0.6) is 0 Å². The average Bonchev–Trinajstić information content (AvgIpc) is 3.09. The number of aromatic amines is 1. The summed E-state index contributed by atoms with van der Waals surface area (Å²) in [7, 11) is 0. The minimum Gasteiger partial charge on any atom is -0.322 e. The van der Waals surface area contributed by atoms with E-state index in [2.05, 4.69) is 20.5 Å². The van der Waals surface area contributed by atoms with Crippen LogP contribution in [-0.4, -0.2) is 33.0 Å². The predicted molar refractivity (Wildman–Crippen MR) is 94.5 cm³/mol. The topological polar surface area (TPSA) is 91.0 Å². The van der Waals surface area contributed by atoms with Crippen molar-refractivity contribution in [3.8, 4) is 0 Å². The van der Waals surface area contributed by atoms with E-state index >= 15 is 0 Å². The van der Waals surface area contributed by atoms with Crippen LogP contribution in [0.4, 0.5) is 11.4 Å². The lowest BCUT2D eigenvalue weighted by molar-refractivity contribution is -0.117. The molecule has 2 N–H and O–H groups in total. The van der Waals surface area contributed by atoms with Crippen molar-refractivity contribution in [3.63, 3.8) is 0 Å². The first kappa shape index (κ1) is 15.3. The number of benzene rings is 1. The van der Waals surface area contributed by atoms with Gasteiger partial charge in [-0.25, -0.2) is 4.98 Å². The highest BCUT2D eigenvalue weighted by Gasteiger charge is 2.36. The molecule has 25 heavy (non-hydrogen) atoms. The van der Waals surface area contributed by atoms with Crippen LogP contribution in [0.1, 0.15) is 30.1 Å². The Balaban J connectivity index is 1.81. The molecule has 4 rings (SSSR count). The fraction of sp³-hybridized carbons (Fsp3) is 0.222. The summed E-state index contributed by atoms with van der Waals surface area (Å²) in [6, 6.07) is 8.55. The first-order chi connectivity index (χ1) is 12.2. The molecule has 0 aliphatic carbocycles. The lowest BCUT2D eigenvalue weighted by Gasteiger charge is -2.36. The Bertz CT molecular complexity index is 965. The molecule has 2 aromatic heterocycles. The third-order valence-corrected chi connectivity index (χ3v) is 4.35. The molecule has 1 unspecified atom stereocenters. The minimum absolute atomic E-state index is 0.161. The maximum absolute atomic E-state index is 13.2. The second-order valence-electron chi connectivity index (χ2n) is 6.02. The Morgan fingerprint density at radius 2 is 2.12 bits per heavy atom. The molecule has 126 valence electrons. The largest absolute Gasteiger partial charge is 0.322 e. The highest BCUT2D eigenvalue weighted by Crippen LogP contribution is 2.34. The Morgan fingerprint density at radius 3 is 2.96 bits per heavy atom. The normalized spacial score (nSPS) is 16.6. The highest BCUT2D eigenvalue weighted by molar-refractivity contribution is 6.17. The standard InChI is InChI=1S/C18H17N5O2/c1-2-5-15-17(24)21-13-6-3-4-7-14(13)23(15)18(25)12-8-11-10-20-22-16(11)19-9-12/h3-4,6-10,15H,2,5H2,1H3,(H,21,24)(H,19,20,22). The summed E-state index contributed by atoms with van der Waals surface area (Å²) < 4.78 is 0. The fourth-order valence-corrected chi connectivity index (χ4v) is 3.17. The Labute approximate surface area is 144 Å². The number of carbonyl (C=O) groups excluding carboxylic acids is 2. The summed E-state index contributed by atoms with van der Waals surface area (Å²) in [6.45, 7) is 2.00. The van der Waals surface area contributed by atoms with Crippen LogP contribution in [0.3, 0.4) is 0 Å². The molecular weight excluding hydrogens is 318 g/mol. The molecule has 0 saturated carbocycles. The van der Waals surface area contributed by atoms with Crippen LogP contribution in [-0.2, 0) is 4.79 Å². The van der Waals surface area contributed by atoms with Crippen LogP contribution in [0.25, 0.3) is 11.0 Å². The second kappa shape index (κ2) is 6.01. The SMILES string of the molecule is CCCC1C(=O)Nc2ccccc2N1C(=O)c1cnc2[nH]ncc2c1. The second-order valence-corrected chi connectivity index (χ2v) is 6.02. The van der Waals surface area contributed by atoms with Gasteiger partial charge in [-0.1, -0.05) is 25.5 Å². The van der Waals surface area contributed by atoms with Gasteiger partial charge in [-0.15, -0.1) is 0 Å². The van der Waals surface area contributed by atoms with E-state index in [4.69, 9.17) is 0 Å². The summed E-state index contributed by atoms with van der Waals surface area (Å²) >= 11 is 0. The van der Waals surface area contributed by atoms with Gasteiger partial charge in [0.05, 0.1) is 23.1 Å². The number of hydrogen-bond donors (Lipinski definition) is 2. The van der Waals surface area contributed by atoms with Crippen molar-refractivity contribution in [3.05, 3.63) is 48.3 Å². The molecule has 2 amide bonds. The molecular formula is C18H17N5O2. The maximum atomic E-state index is 13.2. The number of fused-ring (bicyclic) bond motifs is 2. The molecule has 1 atom stereocenters. The van der Waals surface area contributed by atoms with Crippen LogP contribution in [0.15, 0.2) is 42.7 Å². The maximum Gasteiger partial charge on any atom is 0.260 e. The van der Waals surface area contributed by atoms with Crippen molar-refractivity contribution < 1.29 is 9.59 Å². The molecule has 0 radical (unpaired) electrons. The Kier molecular flexibility index (Phi) is 3.68. The molecule has 7 heteroatoms. The number of nitrogens with zero attached hydrogens (tertiary/aromatic N) is 3. The highest BCUT2D eigenvalue weighted by atomic mass is 16.2. The molecule has 0 bridgehead atoms. The molecule has 7 nitrogen and oxygen atoms in total. The van der Waals surface area contributed by atoms with Gasteiger partial charge >= 0.3 is 0 Å². The number of para-hydroxylation sites is 2. The van der Waals surface area contributed by atoms with Crippen molar-refractivity contribution in [1.82, 2.24) is 15.2 Å². The number of rotatable bonds is 3. The van der Waals surface area contributed by atoms with Crippen LogP contribution < -0.4 is 10.2 Å². The molecule has 1 aliphatic heterocycles. The fourth-order valence-electron chi connectivity index (χ4n) is 3.17. The van der Waals surface area contributed by atoms with Crippen LogP contribution >= 0.6 is 0 Å². The zero-order valence-corrected chi connectivity index (χ0v) is 13.7. The van der Waals surface area contributed by atoms with Crippen molar-refractivity contribution in [2.24, 2.45) is 0 Å². The van der Waals surface area contributed by atoms with Gasteiger partial charge in [0, 0.05) is 11.6 Å². The molecule has 1 aliphatic rings. The van der Waals surface area contributed by atoms with E-state index in [1.807, 2.05) is 25.1 Å². The van der Waals surface area contributed by atoms with Crippen molar-refractivity contribution in [2.75, 3.05) is 10.2 Å². The summed E-state index contributed by atoms with van der Waals surface area (Å²) in [5.41, 5.74) is 2.40. The van der Waals surface area contributed by atoms with Crippen molar-refractivity contribution >= 4 is 34.2 Å². The van der Waals surface area contributed by atoms with Gasteiger partial charge in [-0.3, -0.25) is 19.6 Å². The molecule has 3 heterocycles. The number of carbonyl (C=O) groups is 2. The number of hydrogen-bond acceptors (Lipinski definition) is 4. The van der Waals surface area contributed by atoms with Gasteiger partial charge in [-0.2, -0.15) is 5.10 Å². The van der Waals surface area contributed by atoms with Crippen LogP contribution in [0, 0.1) is 0 Å². The first-order valence-corrected chi connectivity index (χ1v) is 8.21. The smallest absolute Gasteiger partial charge is 0.260 e. The van der Waals surface area contributed by atoms with E-state index in [-0.39, 0.29) is 11.8 Å². The monoisotopic (exact) mass is 335 g/mol. The summed E-state index contributed by atoms with van der Waals surface area (Å²) in [6.07, 6.45) is 4.52. The van der Waals surface area contributed by atoms with E-state index in [0.29, 0.717) is 29.0 Å². The molecule has 0 spiro atoms. The minimum atomic E-state index is -0.535. The Morgan fingerprint density at radius 1 is 1.28 bits per heavy atom. The average molecular weight is 335 g/mol. The lowest BCUT2D eigenvalue weighted by atomic mass is 10.0. The van der Waals surface area contributed by atoms with Gasteiger partial charge in [0.1, 0.15) is 6.04 Å². The number of H-pyrrole nitrogens is 1. The predicted octanol–water partition coefficient (Wildman–Crippen LogP) is 2.73. The quantitative estimate of drug-likeness (QED) is 0.770. The Hall–Kier alpha value is -3.22. The van der Waals surface area contributed by atoms with E-state index in [9.17, 15) is 9.59 Å². The van der Waals surface area contributed by atoms with Crippen LogP contribution in [0.2, 0.25) is 0 Å².